The predicted octanol–water partition coefficient (Wildman–Crippen LogP) is 4.59. The Labute approximate surface area is 129 Å². The lowest BCUT2D eigenvalue weighted by atomic mass is 10.0. The van der Waals surface area contributed by atoms with Crippen molar-refractivity contribution < 1.29 is 0 Å². The van der Waals surface area contributed by atoms with Gasteiger partial charge in [-0.3, -0.25) is 0 Å². The number of aromatic nitrogens is 2. The van der Waals surface area contributed by atoms with Crippen LogP contribution in [0.25, 0.3) is 16.9 Å². The van der Waals surface area contributed by atoms with Gasteiger partial charge in [0.05, 0.1) is 11.4 Å². The average Bonchev–Trinajstić information content (AvgIpc) is 2.95. The Balaban J connectivity index is 1.91. The van der Waals surface area contributed by atoms with Crippen molar-refractivity contribution in [3.8, 4) is 11.3 Å². The van der Waals surface area contributed by atoms with Gasteiger partial charge in [-0.05, 0) is 17.7 Å². The minimum atomic E-state index is 0.871. The van der Waals surface area contributed by atoms with Crippen LogP contribution in [0.5, 0.6) is 0 Å². The molecule has 2 heteroatoms. The SMILES string of the molecule is c1ccc(Cc2c(-c3ccccc3)nc3ccccn23)cc1. The highest BCUT2D eigenvalue weighted by molar-refractivity contribution is 5.67. The van der Waals surface area contributed by atoms with E-state index in [1.165, 1.54) is 11.3 Å². The second-order valence-corrected chi connectivity index (χ2v) is 5.36. The molecule has 0 amide bonds. The largest absolute Gasteiger partial charge is 0.303 e. The van der Waals surface area contributed by atoms with E-state index in [1.54, 1.807) is 0 Å². The monoisotopic (exact) mass is 284 g/mol. The fourth-order valence-electron chi connectivity index (χ4n) is 2.83. The lowest BCUT2D eigenvalue weighted by Gasteiger charge is -2.06. The summed E-state index contributed by atoms with van der Waals surface area (Å²) in [5.41, 5.74) is 5.75. The number of pyridine rings is 1. The second kappa shape index (κ2) is 5.49. The minimum absolute atomic E-state index is 0.871. The van der Waals surface area contributed by atoms with Crippen molar-refractivity contribution in [2.24, 2.45) is 0 Å². The van der Waals surface area contributed by atoms with Crippen molar-refractivity contribution in [3.05, 3.63) is 96.3 Å². The van der Waals surface area contributed by atoms with Crippen LogP contribution < -0.4 is 0 Å². The predicted molar refractivity (Wildman–Crippen MR) is 89.9 cm³/mol. The fourth-order valence-corrected chi connectivity index (χ4v) is 2.83. The molecule has 0 atom stereocenters. The van der Waals surface area contributed by atoms with Gasteiger partial charge in [0.15, 0.2) is 0 Å². The lowest BCUT2D eigenvalue weighted by molar-refractivity contribution is 1.03. The van der Waals surface area contributed by atoms with Crippen molar-refractivity contribution in [3.63, 3.8) is 0 Å². The standard InChI is InChI=1S/C20H16N2/c1-3-9-16(10-4-1)15-18-20(17-11-5-2-6-12-17)21-19-13-7-8-14-22(18)19/h1-14H,15H2. The summed E-state index contributed by atoms with van der Waals surface area (Å²) in [6.45, 7) is 0. The van der Waals surface area contributed by atoms with Crippen molar-refractivity contribution in [2.75, 3.05) is 0 Å². The molecule has 0 radical (unpaired) electrons. The molecule has 0 aliphatic rings. The van der Waals surface area contributed by atoms with Crippen molar-refractivity contribution in [1.82, 2.24) is 9.38 Å². The third-order valence-electron chi connectivity index (χ3n) is 3.89. The second-order valence-electron chi connectivity index (χ2n) is 5.36. The summed E-state index contributed by atoms with van der Waals surface area (Å²) in [4.78, 5) is 4.84. The van der Waals surface area contributed by atoms with Crippen molar-refractivity contribution >= 4 is 5.65 Å². The van der Waals surface area contributed by atoms with Gasteiger partial charge in [-0.1, -0.05) is 66.7 Å². The molecule has 4 rings (SSSR count). The van der Waals surface area contributed by atoms with Gasteiger partial charge in [-0.25, -0.2) is 4.98 Å². The Morgan fingerprint density at radius 3 is 2.18 bits per heavy atom. The smallest absolute Gasteiger partial charge is 0.137 e. The lowest BCUT2D eigenvalue weighted by Crippen LogP contribution is -1.96. The Bertz CT molecular complexity index is 893. The molecular weight excluding hydrogens is 268 g/mol. The first-order valence-corrected chi connectivity index (χ1v) is 7.47. The third-order valence-corrected chi connectivity index (χ3v) is 3.89. The van der Waals surface area contributed by atoms with Gasteiger partial charge in [-0.2, -0.15) is 0 Å². The molecule has 0 unspecified atom stereocenters. The molecule has 106 valence electrons. The minimum Gasteiger partial charge on any atom is -0.303 e. The maximum absolute atomic E-state index is 4.84. The van der Waals surface area contributed by atoms with E-state index in [2.05, 4.69) is 77.3 Å². The third kappa shape index (κ3) is 2.29. The van der Waals surface area contributed by atoms with Crippen LogP contribution in [0.4, 0.5) is 0 Å². The highest BCUT2D eigenvalue weighted by Crippen LogP contribution is 2.26. The Morgan fingerprint density at radius 1 is 0.727 bits per heavy atom. The van der Waals surface area contributed by atoms with Crippen LogP contribution >= 0.6 is 0 Å². The van der Waals surface area contributed by atoms with Gasteiger partial charge < -0.3 is 4.40 Å². The van der Waals surface area contributed by atoms with E-state index in [1.807, 2.05) is 12.1 Å². The van der Waals surface area contributed by atoms with E-state index in [9.17, 15) is 0 Å². The van der Waals surface area contributed by atoms with Crippen LogP contribution in [0.15, 0.2) is 85.1 Å². The molecular formula is C20H16N2. The zero-order valence-electron chi connectivity index (χ0n) is 12.2. The van der Waals surface area contributed by atoms with Crippen LogP contribution in [0.1, 0.15) is 11.3 Å². The molecule has 2 heterocycles. The van der Waals surface area contributed by atoms with Crippen molar-refractivity contribution in [2.45, 2.75) is 6.42 Å². The molecule has 0 aliphatic heterocycles. The molecule has 0 spiro atoms. The maximum Gasteiger partial charge on any atom is 0.137 e. The molecule has 0 bridgehead atoms. The van der Waals surface area contributed by atoms with Crippen LogP contribution in [0.3, 0.4) is 0 Å². The van der Waals surface area contributed by atoms with Gasteiger partial charge >= 0.3 is 0 Å². The van der Waals surface area contributed by atoms with E-state index in [4.69, 9.17) is 4.98 Å². The highest BCUT2D eigenvalue weighted by atomic mass is 15.0. The summed E-state index contributed by atoms with van der Waals surface area (Å²) in [7, 11) is 0. The fraction of sp³-hybridized carbons (Fsp3) is 0.0500. The quantitative estimate of drug-likeness (QED) is 0.538. The summed E-state index contributed by atoms with van der Waals surface area (Å²) in [5, 5.41) is 0. The van der Waals surface area contributed by atoms with E-state index < -0.39 is 0 Å². The number of rotatable bonds is 3. The zero-order chi connectivity index (χ0) is 14.8. The van der Waals surface area contributed by atoms with Crippen molar-refractivity contribution in [1.29, 1.82) is 0 Å². The molecule has 2 nitrogen and oxygen atoms in total. The molecule has 4 aromatic rings. The summed E-state index contributed by atoms with van der Waals surface area (Å²) in [6, 6.07) is 27.1. The summed E-state index contributed by atoms with van der Waals surface area (Å²) in [5.74, 6) is 0. The Hall–Kier alpha value is -2.87. The Kier molecular flexibility index (Phi) is 3.20. The average molecular weight is 284 g/mol. The number of fused-ring (bicyclic) bond motifs is 1. The molecule has 0 saturated carbocycles. The van der Waals surface area contributed by atoms with E-state index >= 15 is 0 Å². The summed E-state index contributed by atoms with van der Waals surface area (Å²) in [6.07, 6.45) is 2.96. The zero-order valence-corrected chi connectivity index (χ0v) is 12.2. The number of hydrogen-bond acceptors (Lipinski definition) is 1. The summed E-state index contributed by atoms with van der Waals surface area (Å²) < 4.78 is 2.19. The van der Waals surface area contributed by atoms with Crippen LogP contribution in [-0.2, 0) is 6.42 Å². The van der Waals surface area contributed by atoms with E-state index in [0.29, 0.717) is 0 Å². The van der Waals surface area contributed by atoms with Gasteiger partial charge in [0.2, 0.25) is 0 Å². The van der Waals surface area contributed by atoms with Crippen LogP contribution in [0.2, 0.25) is 0 Å². The number of hydrogen-bond donors (Lipinski definition) is 0. The highest BCUT2D eigenvalue weighted by Gasteiger charge is 2.13. The van der Waals surface area contributed by atoms with Gasteiger partial charge in [-0.15, -0.1) is 0 Å². The topological polar surface area (TPSA) is 17.3 Å². The number of benzene rings is 2. The number of imidazole rings is 1. The van der Waals surface area contributed by atoms with E-state index in [0.717, 1.165) is 23.3 Å². The van der Waals surface area contributed by atoms with Gasteiger partial charge in [0, 0.05) is 18.2 Å². The molecule has 22 heavy (non-hydrogen) atoms. The Morgan fingerprint density at radius 2 is 1.41 bits per heavy atom. The maximum atomic E-state index is 4.84. The first-order valence-electron chi connectivity index (χ1n) is 7.47. The molecule has 0 saturated heterocycles. The van der Waals surface area contributed by atoms with Crippen LogP contribution in [0, 0.1) is 0 Å². The molecule has 0 aliphatic carbocycles. The first kappa shape index (κ1) is 12.8. The normalized spacial score (nSPS) is 10.9. The molecule has 0 N–H and O–H groups in total. The van der Waals surface area contributed by atoms with E-state index in [-0.39, 0.29) is 0 Å². The summed E-state index contributed by atoms with van der Waals surface area (Å²) >= 11 is 0. The van der Waals surface area contributed by atoms with Crippen LogP contribution in [-0.4, -0.2) is 9.38 Å². The molecule has 2 aromatic heterocycles. The van der Waals surface area contributed by atoms with Gasteiger partial charge in [0.25, 0.3) is 0 Å². The molecule has 0 fully saturated rings. The van der Waals surface area contributed by atoms with Gasteiger partial charge in [0.1, 0.15) is 5.65 Å². The number of nitrogens with zero attached hydrogens (tertiary/aromatic N) is 2. The molecule has 2 aromatic carbocycles. The first-order chi connectivity index (χ1) is 10.9.